The number of aromatic nitrogens is 1. The first-order chi connectivity index (χ1) is 23.2. The summed E-state index contributed by atoms with van der Waals surface area (Å²) >= 11 is 0. The summed E-state index contributed by atoms with van der Waals surface area (Å²) in [6.07, 6.45) is 0.359. The number of benzene rings is 6. The Morgan fingerprint density at radius 3 is 1.89 bits per heavy atom. The van der Waals surface area contributed by atoms with Crippen molar-refractivity contribution in [3.8, 4) is 11.3 Å². The van der Waals surface area contributed by atoms with Crippen molar-refractivity contribution in [1.82, 2.24) is 9.88 Å². The molecule has 0 saturated carbocycles. The second kappa shape index (κ2) is 10.0. The summed E-state index contributed by atoms with van der Waals surface area (Å²) in [5, 5.41) is 10.8. The van der Waals surface area contributed by atoms with Crippen molar-refractivity contribution in [3.05, 3.63) is 156 Å². The molecule has 0 bridgehead atoms. The number of hydrogen-bond donors (Lipinski definition) is 1. The predicted octanol–water partition coefficient (Wildman–Crippen LogP) is 9.97. The number of nitrogens with one attached hydrogen (secondary N) is 1. The van der Waals surface area contributed by atoms with E-state index in [-0.39, 0.29) is 5.92 Å². The third-order valence-corrected chi connectivity index (χ3v) is 9.87. The average Bonchev–Trinajstić information content (AvgIpc) is 3.67. The van der Waals surface area contributed by atoms with Crippen LogP contribution in [0.5, 0.6) is 0 Å². The highest BCUT2D eigenvalue weighted by molar-refractivity contribution is 6.17. The third-order valence-electron chi connectivity index (χ3n) is 9.87. The van der Waals surface area contributed by atoms with Crippen molar-refractivity contribution in [1.29, 1.82) is 0 Å². The smallest absolute Gasteiger partial charge is 0.224 e. The predicted molar refractivity (Wildman–Crippen MR) is 192 cm³/mol. The van der Waals surface area contributed by atoms with Crippen LogP contribution in [-0.2, 0) is 6.42 Å². The van der Waals surface area contributed by atoms with Crippen LogP contribution in [0.2, 0.25) is 0 Å². The molecule has 8 aromatic rings. The molecule has 224 valence electrons. The molecule has 2 aliphatic rings. The van der Waals surface area contributed by atoms with E-state index in [2.05, 4.69) is 144 Å². The van der Waals surface area contributed by atoms with E-state index in [1.54, 1.807) is 0 Å². The summed E-state index contributed by atoms with van der Waals surface area (Å²) in [4.78, 5) is 10.7. The molecular formula is C42H30N4O. The number of amidine groups is 2. The number of hydrogen-bond acceptors (Lipinski definition) is 4. The monoisotopic (exact) mass is 606 g/mol. The van der Waals surface area contributed by atoms with Gasteiger partial charge in [0.05, 0.1) is 5.52 Å². The van der Waals surface area contributed by atoms with Crippen LogP contribution in [0, 0.1) is 0 Å². The van der Waals surface area contributed by atoms with Gasteiger partial charge in [0.25, 0.3) is 0 Å². The first kappa shape index (κ1) is 26.3. The lowest BCUT2D eigenvalue weighted by molar-refractivity contribution is 0.523. The van der Waals surface area contributed by atoms with Gasteiger partial charge in [-0.25, -0.2) is 9.98 Å². The van der Waals surface area contributed by atoms with Gasteiger partial charge in [-0.3, -0.25) is 0 Å². The lowest BCUT2D eigenvalue weighted by Gasteiger charge is -2.27. The molecular weight excluding hydrogens is 576 g/mol. The first-order valence-corrected chi connectivity index (χ1v) is 16.2. The largest absolute Gasteiger partial charge is 0.456 e. The molecule has 6 aromatic carbocycles. The molecule has 5 heteroatoms. The Labute approximate surface area is 271 Å². The number of fused-ring (bicyclic) bond motifs is 9. The molecule has 0 saturated heterocycles. The maximum atomic E-state index is 6.66. The van der Waals surface area contributed by atoms with Crippen LogP contribution in [0.25, 0.3) is 54.7 Å². The van der Waals surface area contributed by atoms with Gasteiger partial charge in [0.2, 0.25) is 6.29 Å². The molecule has 47 heavy (non-hydrogen) atoms. The van der Waals surface area contributed by atoms with E-state index in [4.69, 9.17) is 14.4 Å². The highest BCUT2D eigenvalue weighted by Gasteiger charge is 2.35. The summed E-state index contributed by atoms with van der Waals surface area (Å²) in [5.41, 5.74) is 7.76. The van der Waals surface area contributed by atoms with Gasteiger partial charge < -0.3 is 14.3 Å². The second-order valence-electron chi connectivity index (χ2n) is 12.7. The molecule has 3 heterocycles. The molecule has 0 fully saturated rings. The summed E-state index contributed by atoms with van der Waals surface area (Å²) in [7, 11) is 0. The Morgan fingerprint density at radius 1 is 0.638 bits per heavy atom. The lowest BCUT2D eigenvalue weighted by atomic mass is 9.85. The Balaban J connectivity index is 1.21. The number of rotatable bonds is 3. The molecule has 1 unspecified atom stereocenters. The third kappa shape index (κ3) is 4.03. The summed E-state index contributed by atoms with van der Waals surface area (Å²) in [6.45, 7) is 2.31. The minimum absolute atomic E-state index is 0.277. The van der Waals surface area contributed by atoms with Gasteiger partial charge in [-0.15, -0.1) is 0 Å². The van der Waals surface area contributed by atoms with E-state index in [1.807, 2.05) is 6.07 Å². The van der Waals surface area contributed by atoms with Crippen LogP contribution >= 0.6 is 0 Å². The van der Waals surface area contributed by atoms with E-state index >= 15 is 0 Å². The Hall–Kier alpha value is -5.94. The zero-order valence-corrected chi connectivity index (χ0v) is 25.8. The highest BCUT2D eigenvalue weighted by Crippen LogP contribution is 2.50. The quantitative estimate of drug-likeness (QED) is 0.218. The normalized spacial score (nSPS) is 16.2. The van der Waals surface area contributed by atoms with E-state index in [0.717, 1.165) is 57.0 Å². The Bertz CT molecular complexity index is 2520. The molecule has 1 N–H and O–H groups in total. The fraction of sp³-hybridized carbons (Fsp3) is 0.0952. The number of aliphatic imine (C=N–C) groups is 2. The van der Waals surface area contributed by atoms with Crippen LogP contribution < -0.4 is 5.32 Å². The molecule has 1 atom stereocenters. The van der Waals surface area contributed by atoms with Crippen molar-refractivity contribution in [2.24, 2.45) is 9.98 Å². The maximum absolute atomic E-state index is 6.66. The van der Waals surface area contributed by atoms with Crippen molar-refractivity contribution >= 4 is 55.1 Å². The van der Waals surface area contributed by atoms with Gasteiger partial charge in [-0.1, -0.05) is 116 Å². The Kier molecular flexibility index (Phi) is 5.61. The van der Waals surface area contributed by atoms with Crippen molar-refractivity contribution in [2.45, 2.75) is 25.6 Å². The molecule has 0 radical (unpaired) electrons. The van der Waals surface area contributed by atoms with E-state index in [0.29, 0.717) is 0 Å². The highest BCUT2D eigenvalue weighted by atomic mass is 16.3. The fourth-order valence-electron chi connectivity index (χ4n) is 7.69. The zero-order valence-electron chi connectivity index (χ0n) is 25.8. The van der Waals surface area contributed by atoms with Gasteiger partial charge in [-0.2, -0.15) is 0 Å². The van der Waals surface area contributed by atoms with Crippen LogP contribution in [0.15, 0.2) is 148 Å². The molecule has 0 spiro atoms. The van der Waals surface area contributed by atoms with E-state index in [9.17, 15) is 0 Å². The van der Waals surface area contributed by atoms with Gasteiger partial charge in [0, 0.05) is 38.7 Å². The molecule has 1 aliphatic carbocycles. The molecule has 1 aliphatic heterocycles. The summed E-state index contributed by atoms with van der Waals surface area (Å²) in [6, 6.07) is 47.0. The number of para-hydroxylation sites is 2. The van der Waals surface area contributed by atoms with Crippen LogP contribution in [0.1, 0.15) is 41.5 Å². The van der Waals surface area contributed by atoms with E-state index in [1.165, 1.54) is 38.2 Å². The second-order valence-corrected chi connectivity index (χ2v) is 12.7. The molecule has 10 rings (SSSR count). The molecule has 5 nitrogen and oxygen atoms in total. The Morgan fingerprint density at radius 2 is 1.21 bits per heavy atom. The summed E-state index contributed by atoms with van der Waals surface area (Å²) < 4.78 is 9.01. The van der Waals surface area contributed by atoms with Crippen molar-refractivity contribution < 1.29 is 4.42 Å². The van der Waals surface area contributed by atoms with Crippen LogP contribution in [0.3, 0.4) is 0 Å². The van der Waals surface area contributed by atoms with Crippen LogP contribution in [0.4, 0.5) is 0 Å². The van der Waals surface area contributed by atoms with Crippen molar-refractivity contribution in [2.75, 3.05) is 0 Å². The minimum Gasteiger partial charge on any atom is -0.456 e. The zero-order chi connectivity index (χ0) is 31.1. The van der Waals surface area contributed by atoms with Gasteiger partial charge >= 0.3 is 0 Å². The number of furan rings is 1. The first-order valence-electron chi connectivity index (χ1n) is 16.2. The minimum atomic E-state index is -0.508. The van der Waals surface area contributed by atoms with E-state index < -0.39 is 6.29 Å². The standard InChI is InChI=1S/C42H30N4O/c1-25-22-35-38(39-37(25)33-15-7-9-17-36(33)47-39)32-14-6-8-16-34(32)46(35)42-44-40(30-20-18-26-10-2-4-12-28(26)23-30)43-41(45-42)31-21-19-27-11-3-5-13-29(27)24-31/h2-21,23-25,42H,22H2,1H3,(H,43,44,45). The maximum Gasteiger partial charge on any atom is 0.224 e. The van der Waals surface area contributed by atoms with Gasteiger partial charge in [0.1, 0.15) is 23.0 Å². The van der Waals surface area contributed by atoms with Crippen LogP contribution in [-0.4, -0.2) is 16.2 Å². The fourth-order valence-corrected chi connectivity index (χ4v) is 7.69. The topological polar surface area (TPSA) is 54.8 Å². The number of nitrogens with zero attached hydrogens (tertiary/aromatic N) is 3. The molecule has 0 amide bonds. The van der Waals surface area contributed by atoms with Crippen molar-refractivity contribution in [3.63, 3.8) is 0 Å². The SMILES string of the molecule is CC1Cc2c(c3ccccc3n2C2N=C(c3ccc4ccccc4c3)NC(c3ccc4ccccc4c3)=N2)-c2oc3ccccc3c21. The molecule has 2 aromatic heterocycles. The van der Waals surface area contributed by atoms with Gasteiger partial charge in [-0.05, 0) is 58.1 Å². The average molecular weight is 607 g/mol. The van der Waals surface area contributed by atoms with Gasteiger partial charge in [0.15, 0.2) is 0 Å². The summed E-state index contributed by atoms with van der Waals surface area (Å²) in [5.74, 6) is 2.86. The lowest BCUT2D eigenvalue weighted by Crippen LogP contribution is -2.37.